The highest BCUT2D eigenvalue weighted by Crippen LogP contribution is 2.19. The largest absolute Gasteiger partial charge is 0.380 e. The molecule has 2 rings (SSSR count). The number of nitrogens with zero attached hydrogens (tertiary/aromatic N) is 5. The van der Waals surface area contributed by atoms with Crippen LogP contribution in [0.3, 0.4) is 0 Å². The molecular formula is C13H22ClN5O. The molecule has 1 aliphatic rings. The molecule has 1 aromatic rings. The van der Waals surface area contributed by atoms with Crippen LogP contribution in [0.5, 0.6) is 0 Å². The van der Waals surface area contributed by atoms with Crippen molar-refractivity contribution in [3.63, 3.8) is 0 Å². The molecule has 6 nitrogen and oxygen atoms in total. The highest BCUT2D eigenvalue weighted by molar-refractivity contribution is 6.28. The monoisotopic (exact) mass is 299 g/mol. The van der Waals surface area contributed by atoms with Gasteiger partial charge in [0.1, 0.15) is 0 Å². The molecule has 1 aromatic heterocycles. The third-order valence-electron chi connectivity index (χ3n) is 3.34. The summed E-state index contributed by atoms with van der Waals surface area (Å²) in [6, 6.07) is 0. The molecule has 112 valence electrons. The van der Waals surface area contributed by atoms with Crippen molar-refractivity contribution >= 4 is 23.5 Å². The maximum absolute atomic E-state index is 6.03. The van der Waals surface area contributed by atoms with Crippen molar-refractivity contribution in [1.82, 2.24) is 15.0 Å². The fourth-order valence-corrected chi connectivity index (χ4v) is 2.33. The zero-order valence-electron chi connectivity index (χ0n) is 12.2. The Kier molecular flexibility index (Phi) is 5.79. The van der Waals surface area contributed by atoms with Crippen molar-refractivity contribution in [2.24, 2.45) is 0 Å². The van der Waals surface area contributed by atoms with E-state index in [-0.39, 0.29) is 5.28 Å². The number of aromatic nitrogens is 3. The van der Waals surface area contributed by atoms with Gasteiger partial charge in [-0.1, -0.05) is 0 Å². The molecular weight excluding hydrogens is 278 g/mol. The van der Waals surface area contributed by atoms with Gasteiger partial charge in [0.15, 0.2) is 0 Å². The first-order chi connectivity index (χ1) is 9.70. The predicted molar refractivity (Wildman–Crippen MR) is 80.7 cm³/mol. The van der Waals surface area contributed by atoms with E-state index in [9.17, 15) is 0 Å². The number of rotatable bonds is 6. The quantitative estimate of drug-likeness (QED) is 0.749. The SMILES string of the molecule is CCOCCN(C)c1nc(Cl)nc(N2CCCCC2)n1. The molecule has 1 aliphatic heterocycles. The predicted octanol–water partition coefficient (Wildman–Crippen LogP) is 1.99. The molecule has 7 heteroatoms. The molecule has 20 heavy (non-hydrogen) atoms. The second-order valence-electron chi connectivity index (χ2n) is 4.87. The van der Waals surface area contributed by atoms with E-state index in [1.54, 1.807) is 0 Å². The third kappa shape index (κ3) is 4.18. The van der Waals surface area contributed by atoms with Gasteiger partial charge in [-0.25, -0.2) is 0 Å². The lowest BCUT2D eigenvalue weighted by Crippen LogP contribution is -2.32. The fraction of sp³-hybridized carbons (Fsp3) is 0.769. The summed E-state index contributed by atoms with van der Waals surface area (Å²) >= 11 is 6.03. The second kappa shape index (κ2) is 7.59. The summed E-state index contributed by atoms with van der Waals surface area (Å²) in [6.45, 7) is 6.05. The van der Waals surface area contributed by atoms with Crippen LogP contribution in [0, 0.1) is 0 Å². The average Bonchev–Trinajstić information content (AvgIpc) is 2.47. The van der Waals surface area contributed by atoms with Crippen LogP contribution in [0.25, 0.3) is 0 Å². The van der Waals surface area contributed by atoms with Gasteiger partial charge < -0.3 is 14.5 Å². The Morgan fingerprint density at radius 3 is 2.65 bits per heavy atom. The second-order valence-corrected chi connectivity index (χ2v) is 5.21. The van der Waals surface area contributed by atoms with Crippen molar-refractivity contribution in [3.8, 4) is 0 Å². The van der Waals surface area contributed by atoms with E-state index in [0.717, 1.165) is 19.6 Å². The number of piperidine rings is 1. The van der Waals surface area contributed by atoms with E-state index >= 15 is 0 Å². The Bertz CT molecular complexity index is 425. The van der Waals surface area contributed by atoms with Gasteiger partial charge in [-0.15, -0.1) is 0 Å². The fourth-order valence-electron chi connectivity index (χ4n) is 2.18. The number of hydrogen-bond acceptors (Lipinski definition) is 6. The molecule has 0 aromatic carbocycles. The number of hydrogen-bond donors (Lipinski definition) is 0. The maximum atomic E-state index is 6.03. The Morgan fingerprint density at radius 1 is 1.20 bits per heavy atom. The van der Waals surface area contributed by atoms with Gasteiger partial charge in [0.2, 0.25) is 17.2 Å². The van der Waals surface area contributed by atoms with E-state index in [1.807, 2.05) is 18.9 Å². The van der Waals surface area contributed by atoms with Crippen LogP contribution < -0.4 is 9.80 Å². The van der Waals surface area contributed by atoms with Gasteiger partial charge in [0, 0.05) is 33.3 Å². The van der Waals surface area contributed by atoms with Crippen molar-refractivity contribution in [1.29, 1.82) is 0 Å². The standard InChI is InChI=1S/C13H22ClN5O/c1-3-20-10-9-18(2)12-15-11(14)16-13(17-12)19-7-5-4-6-8-19/h3-10H2,1-2H3. The molecule has 0 bridgehead atoms. The lowest BCUT2D eigenvalue weighted by Gasteiger charge is -2.27. The molecule has 0 N–H and O–H groups in total. The Morgan fingerprint density at radius 2 is 1.95 bits per heavy atom. The summed E-state index contributed by atoms with van der Waals surface area (Å²) in [5, 5.41) is 0.249. The first-order valence-corrected chi connectivity index (χ1v) is 7.54. The van der Waals surface area contributed by atoms with Crippen molar-refractivity contribution in [3.05, 3.63) is 5.28 Å². The number of anilines is 2. The summed E-state index contributed by atoms with van der Waals surface area (Å²) in [7, 11) is 1.94. The molecule has 0 amide bonds. The summed E-state index contributed by atoms with van der Waals surface area (Å²) in [6.07, 6.45) is 3.63. The van der Waals surface area contributed by atoms with Crippen LogP contribution in [0.4, 0.5) is 11.9 Å². The molecule has 2 heterocycles. The van der Waals surface area contributed by atoms with E-state index < -0.39 is 0 Å². The van der Waals surface area contributed by atoms with Crippen LogP contribution >= 0.6 is 11.6 Å². The topological polar surface area (TPSA) is 54.4 Å². The minimum atomic E-state index is 0.249. The summed E-state index contributed by atoms with van der Waals surface area (Å²) in [5.41, 5.74) is 0. The van der Waals surface area contributed by atoms with Gasteiger partial charge in [-0.05, 0) is 37.8 Å². The van der Waals surface area contributed by atoms with E-state index in [1.165, 1.54) is 19.3 Å². The minimum absolute atomic E-state index is 0.249. The summed E-state index contributed by atoms with van der Waals surface area (Å²) in [5.74, 6) is 1.29. The minimum Gasteiger partial charge on any atom is -0.380 e. The Balaban J connectivity index is 2.07. The van der Waals surface area contributed by atoms with Crippen molar-refractivity contribution in [2.75, 3.05) is 49.7 Å². The highest BCUT2D eigenvalue weighted by atomic mass is 35.5. The smallest absolute Gasteiger partial charge is 0.231 e. The van der Waals surface area contributed by atoms with Gasteiger partial charge in [0.25, 0.3) is 0 Å². The molecule has 1 saturated heterocycles. The van der Waals surface area contributed by atoms with Crippen LogP contribution in [-0.2, 0) is 4.74 Å². The third-order valence-corrected chi connectivity index (χ3v) is 3.51. The van der Waals surface area contributed by atoms with E-state index in [4.69, 9.17) is 16.3 Å². The molecule has 0 spiro atoms. The van der Waals surface area contributed by atoms with Crippen LogP contribution in [-0.4, -0.2) is 54.8 Å². The van der Waals surface area contributed by atoms with Gasteiger partial charge in [-0.3, -0.25) is 0 Å². The first-order valence-electron chi connectivity index (χ1n) is 7.16. The first kappa shape index (κ1) is 15.3. The average molecular weight is 300 g/mol. The van der Waals surface area contributed by atoms with Gasteiger partial charge in [-0.2, -0.15) is 15.0 Å². The summed E-state index contributed by atoms with van der Waals surface area (Å²) < 4.78 is 5.35. The highest BCUT2D eigenvalue weighted by Gasteiger charge is 2.17. The lowest BCUT2D eigenvalue weighted by molar-refractivity contribution is 0.154. The van der Waals surface area contributed by atoms with Crippen LogP contribution in [0.2, 0.25) is 5.28 Å². The van der Waals surface area contributed by atoms with Gasteiger partial charge in [0.05, 0.1) is 6.61 Å². The van der Waals surface area contributed by atoms with Gasteiger partial charge >= 0.3 is 0 Å². The van der Waals surface area contributed by atoms with E-state index in [0.29, 0.717) is 25.1 Å². The van der Waals surface area contributed by atoms with Crippen LogP contribution in [0.1, 0.15) is 26.2 Å². The number of ether oxygens (including phenoxy) is 1. The summed E-state index contributed by atoms with van der Waals surface area (Å²) in [4.78, 5) is 17.1. The van der Waals surface area contributed by atoms with Crippen LogP contribution in [0.15, 0.2) is 0 Å². The zero-order chi connectivity index (χ0) is 14.4. The molecule has 0 radical (unpaired) electrons. The molecule has 0 aliphatic carbocycles. The lowest BCUT2D eigenvalue weighted by atomic mass is 10.1. The Labute approximate surface area is 125 Å². The molecule has 0 unspecified atom stereocenters. The Hall–Kier alpha value is -1.14. The molecule has 1 fully saturated rings. The van der Waals surface area contributed by atoms with Crippen molar-refractivity contribution < 1.29 is 4.74 Å². The van der Waals surface area contributed by atoms with Crippen molar-refractivity contribution in [2.45, 2.75) is 26.2 Å². The zero-order valence-corrected chi connectivity index (χ0v) is 12.9. The molecule has 0 saturated carbocycles. The maximum Gasteiger partial charge on any atom is 0.231 e. The molecule has 0 atom stereocenters. The number of halogens is 1. The number of likely N-dealkylation sites (N-methyl/N-ethyl adjacent to an activating group) is 1. The normalized spacial score (nSPS) is 15.4. The van der Waals surface area contributed by atoms with E-state index in [2.05, 4.69) is 19.9 Å².